The zero-order valence-electron chi connectivity index (χ0n) is 21.2. The Balaban J connectivity index is 1.51. The van der Waals surface area contributed by atoms with E-state index < -0.39 is 0 Å². The predicted molar refractivity (Wildman–Crippen MR) is 138 cm³/mol. The molecule has 5 rings (SSSR count). The van der Waals surface area contributed by atoms with Crippen LogP contribution in [-0.2, 0) is 23.1 Å². The molecule has 0 bridgehead atoms. The second kappa shape index (κ2) is 11.2. The molecule has 1 aliphatic heterocycles. The van der Waals surface area contributed by atoms with Crippen LogP contribution in [0.1, 0.15) is 44.1 Å². The maximum absolute atomic E-state index is 13.7. The van der Waals surface area contributed by atoms with E-state index in [0.29, 0.717) is 24.7 Å². The van der Waals surface area contributed by atoms with Crippen LogP contribution in [-0.4, -0.2) is 47.0 Å². The number of methoxy groups -OCH3 is 1. The molecule has 36 heavy (non-hydrogen) atoms. The monoisotopic (exact) mass is 489 g/mol. The number of aromatic nitrogens is 2. The Hall–Kier alpha value is -3.32. The summed E-state index contributed by atoms with van der Waals surface area (Å²) in [5.74, 6) is 2.40. The first-order valence-electron chi connectivity index (χ1n) is 13.0. The third-order valence-corrected chi connectivity index (χ3v) is 7.22. The van der Waals surface area contributed by atoms with Gasteiger partial charge in [0.25, 0.3) is 0 Å². The molecule has 7 nitrogen and oxygen atoms in total. The SMILES string of the molecule is COc1ccc(Oc2c(CN(CC3CCCO3)C(=O)C3CCCC3)c(-c3ccccc3)nn2C)cc1. The van der Waals surface area contributed by atoms with Gasteiger partial charge >= 0.3 is 0 Å². The highest BCUT2D eigenvalue weighted by Crippen LogP contribution is 2.36. The standard InChI is InChI=1S/C29H35N3O4/c1-31-29(36-24-16-14-23(34-2)15-17-24)26(27(30-31)21-9-4-3-5-10-21)20-32(19-25-13-8-18-35-25)28(33)22-11-6-7-12-22/h3-5,9-10,14-17,22,25H,6-8,11-13,18-20H2,1-2H3. The predicted octanol–water partition coefficient (Wildman–Crippen LogP) is 5.59. The molecule has 2 heterocycles. The fourth-order valence-electron chi connectivity index (χ4n) is 5.29. The molecule has 0 spiro atoms. The van der Waals surface area contributed by atoms with Crippen LogP contribution in [0.2, 0.25) is 0 Å². The van der Waals surface area contributed by atoms with E-state index in [2.05, 4.69) is 0 Å². The first-order chi connectivity index (χ1) is 17.6. The van der Waals surface area contributed by atoms with E-state index in [1.807, 2.05) is 66.5 Å². The van der Waals surface area contributed by atoms with Gasteiger partial charge in [0.15, 0.2) is 0 Å². The highest BCUT2D eigenvalue weighted by Gasteiger charge is 2.32. The normalized spacial score (nSPS) is 17.9. The van der Waals surface area contributed by atoms with Gasteiger partial charge in [-0.15, -0.1) is 0 Å². The smallest absolute Gasteiger partial charge is 0.226 e. The van der Waals surface area contributed by atoms with E-state index in [1.54, 1.807) is 11.8 Å². The van der Waals surface area contributed by atoms with E-state index in [9.17, 15) is 4.79 Å². The van der Waals surface area contributed by atoms with Gasteiger partial charge in [-0.05, 0) is 49.9 Å². The van der Waals surface area contributed by atoms with Crippen molar-refractivity contribution in [3.8, 4) is 28.6 Å². The van der Waals surface area contributed by atoms with Gasteiger partial charge in [-0.1, -0.05) is 43.2 Å². The number of hydrogen-bond acceptors (Lipinski definition) is 5. The number of benzene rings is 2. The number of rotatable bonds is 9. The van der Waals surface area contributed by atoms with Crippen LogP contribution in [0.3, 0.4) is 0 Å². The third-order valence-electron chi connectivity index (χ3n) is 7.22. The van der Waals surface area contributed by atoms with Crippen LogP contribution in [0.5, 0.6) is 17.4 Å². The minimum atomic E-state index is 0.0816. The van der Waals surface area contributed by atoms with Crippen LogP contribution in [0.25, 0.3) is 11.3 Å². The molecule has 7 heteroatoms. The molecule has 1 amide bonds. The Labute approximate surface area is 213 Å². The van der Waals surface area contributed by atoms with Gasteiger partial charge in [-0.2, -0.15) is 5.10 Å². The van der Waals surface area contributed by atoms with Crippen LogP contribution in [0.15, 0.2) is 54.6 Å². The number of aryl methyl sites for hydroxylation is 1. The minimum absolute atomic E-state index is 0.0816. The Kier molecular flexibility index (Phi) is 7.56. The second-order valence-electron chi connectivity index (χ2n) is 9.73. The molecule has 3 aromatic rings. The maximum Gasteiger partial charge on any atom is 0.226 e. The summed E-state index contributed by atoms with van der Waals surface area (Å²) in [7, 11) is 3.53. The van der Waals surface area contributed by atoms with Crippen molar-refractivity contribution in [2.75, 3.05) is 20.3 Å². The average molecular weight is 490 g/mol. The number of carbonyl (C=O) groups excluding carboxylic acids is 1. The van der Waals surface area contributed by atoms with Crippen molar-refractivity contribution in [1.82, 2.24) is 14.7 Å². The molecule has 1 aliphatic carbocycles. The third kappa shape index (κ3) is 5.41. The number of nitrogens with zero attached hydrogens (tertiary/aromatic N) is 3. The van der Waals surface area contributed by atoms with Crippen molar-refractivity contribution >= 4 is 5.91 Å². The van der Waals surface area contributed by atoms with Gasteiger partial charge in [-0.3, -0.25) is 4.79 Å². The van der Waals surface area contributed by atoms with E-state index >= 15 is 0 Å². The maximum atomic E-state index is 13.7. The highest BCUT2D eigenvalue weighted by molar-refractivity contribution is 5.79. The van der Waals surface area contributed by atoms with Gasteiger partial charge < -0.3 is 19.1 Å². The van der Waals surface area contributed by atoms with Crippen molar-refractivity contribution < 1.29 is 19.0 Å². The van der Waals surface area contributed by atoms with Gasteiger partial charge in [0, 0.05) is 31.7 Å². The number of carbonyl (C=O) groups is 1. The van der Waals surface area contributed by atoms with Crippen molar-refractivity contribution in [3.05, 3.63) is 60.2 Å². The Morgan fingerprint density at radius 2 is 1.75 bits per heavy atom. The fourth-order valence-corrected chi connectivity index (χ4v) is 5.29. The summed E-state index contributed by atoms with van der Waals surface area (Å²) >= 11 is 0. The lowest BCUT2D eigenvalue weighted by Crippen LogP contribution is -2.40. The van der Waals surface area contributed by atoms with Crippen molar-refractivity contribution in [2.45, 2.75) is 51.2 Å². The average Bonchev–Trinajstić information content (AvgIpc) is 3.68. The van der Waals surface area contributed by atoms with Crippen LogP contribution < -0.4 is 9.47 Å². The number of amides is 1. The Morgan fingerprint density at radius 1 is 1.03 bits per heavy atom. The molecule has 1 aromatic heterocycles. The molecule has 190 valence electrons. The van der Waals surface area contributed by atoms with Crippen LogP contribution in [0, 0.1) is 5.92 Å². The van der Waals surface area contributed by atoms with Crippen LogP contribution >= 0.6 is 0 Å². The molecule has 1 unspecified atom stereocenters. The lowest BCUT2D eigenvalue weighted by atomic mass is 10.0. The Morgan fingerprint density at radius 3 is 2.42 bits per heavy atom. The zero-order valence-corrected chi connectivity index (χ0v) is 21.2. The largest absolute Gasteiger partial charge is 0.497 e. The van der Waals surface area contributed by atoms with Gasteiger partial charge in [0.2, 0.25) is 11.8 Å². The van der Waals surface area contributed by atoms with E-state index in [1.165, 1.54) is 0 Å². The van der Waals surface area contributed by atoms with Gasteiger partial charge in [-0.25, -0.2) is 4.68 Å². The fraction of sp³-hybridized carbons (Fsp3) is 0.448. The summed E-state index contributed by atoms with van der Waals surface area (Å²) in [4.78, 5) is 15.7. The number of ether oxygens (including phenoxy) is 3. The summed E-state index contributed by atoms with van der Waals surface area (Å²) in [6.45, 7) is 1.79. The topological polar surface area (TPSA) is 65.8 Å². The van der Waals surface area contributed by atoms with Crippen molar-refractivity contribution in [2.24, 2.45) is 13.0 Å². The van der Waals surface area contributed by atoms with Gasteiger partial charge in [0.1, 0.15) is 17.2 Å². The first-order valence-corrected chi connectivity index (χ1v) is 13.0. The molecule has 0 N–H and O–H groups in total. The molecule has 1 saturated carbocycles. The summed E-state index contributed by atoms with van der Waals surface area (Å²) in [6.07, 6.45) is 6.30. The molecular weight excluding hydrogens is 454 g/mol. The quantitative estimate of drug-likeness (QED) is 0.392. The summed E-state index contributed by atoms with van der Waals surface area (Å²) in [5.41, 5.74) is 2.74. The summed E-state index contributed by atoms with van der Waals surface area (Å²) < 4.78 is 19.4. The molecular formula is C29H35N3O4. The lowest BCUT2D eigenvalue weighted by molar-refractivity contribution is -0.137. The molecule has 2 aliphatic rings. The Bertz CT molecular complexity index is 1150. The zero-order chi connectivity index (χ0) is 24.9. The molecule has 1 saturated heterocycles. The number of hydrogen-bond donors (Lipinski definition) is 0. The summed E-state index contributed by atoms with van der Waals surface area (Å²) in [6, 6.07) is 17.6. The molecule has 2 fully saturated rings. The lowest BCUT2D eigenvalue weighted by Gasteiger charge is -2.28. The summed E-state index contributed by atoms with van der Waals surface area (Å²) in [5, 5.41) is 4.85. The highest BCUT2D eigenvalue weighted by atomic mass is 16.5. The second-order valence-corrected chi connectivity index (χ2v) is 9.73. The van der Waals surface area contributed by atoms with Crippen LogP contribution in [0.4, 0.5) is 0 Å². The first kappa shape index (κ1) is 24.4. The molecule has 1 atom stereocenters. The van der Waals surface area contributed by atoms with E-state index in [0.717, 1.165) is 67.7 Å². The van der Waals surface area contributed by atoms with Crippen molar-refractivity contribution in [1.29, 1.82) is 0 Å². The van der Waals surface area contributed by atoms with E-state index in [-0.39, 0.29) is 17.9 Å². The van der Waals surface area contributed by atoms with E-state index in [4.69, 9.17) is 19.3 Å². The minimum Gasteiger partial charge on any atom is -0.497 e. The van der Waals surface area contributed by atoms with Crippen molar-refractivity contribution in [3.63, 3.8) is 0 Å². The molecule has 0 radical (unpaired) electrons. The molecule has 2 aromatic carbocycles. The van der Waals surface area contributed by atoms with Gasteiger partial charge in [0.05, 0.1) is 25.3 Å².